The van der Waals surface area contributed by atoms with Crippen LogP contribution in [0.4, 0.5) is 13.2 Å². The van der Waals surface area contributed by atoms with Crippen molar-refractivity contribution in [1.29, 1.82) is 0 Å². The minimum atomic E-state index is -4.37. The van der Waals surface area contributed by atoms with Crippen LogP contribution in [0.3, 0.4) is 0 Å². The van der Waals surface area contributed by atoms with E-state index in [1.165, 1.54) is 69.9 Å². The zero-order valence-electron chi connectivity index (χ0n) is 21.0. The highest BCUT2D eigenvalue weighted by molar-refractivity contribution is 7.13. The summed E-state index contributed by atoms with van der Waals surface area (Å²) >= 11 is 1.64. The van der Waals surface area contributed by atoms with Gasteiger partial charge in [0.05, 0.1) is 11.3 Å². The average molecular weight is 518 g/mol. The SMILES string of the molecule is CCCCCCCCCCCc1csc(-c2ccc(CN([O-])Cc3ccc(C(F)(F)F)cc3)cc2)n1. The van der Waals surface area contributed by atoms with Crippen molar-refractivity contribution in [3.05, 3.63) is 81.5 Å². The number of hydrogen-bond donors (Lipinski definition) is 0. The third-order valence-electron chi connectivity index (χ3n) is 6.29. The van der Waals surface area contributed by atoms with Crippen molar-refractivity contribution in [2.75, 3.05) is 0 Å². The number of thiazole rings is 1. The molecule has 0 aliphatic carbocycles. The van der Waals surface area contributed by atoms with Crippen LogP contribution in [-0.2, 0) is 25.7 Å². The van der Waals surface area contributed by atoms with E-state index in [-0.39, 0.29) is 13.1 Å². The van der Waals surface area contributed by atoms with Crippen LogP contribution >= 0.6 is 11.3 Å². The number of halogens is 3. The van der Waals surface area contributed by atoms with Gasteiger partial charge in [0.2, 0.25) is 0 Å². The van der Waals surface area contributed by atoms with Gasteiger partial charge in [-0.25, -0.2) is 4.98 Å². The molecule has 0 N–H and O–H groups in total. The fourth-order valence-electron chi connectivity index (χ4n) is 4.19. The number of aromatic nitrogens is 1. The Kier molecular flexibility index (Phi) is 11.4. The van der Waals surface area contributed by atoms with Crippen LogP contribution in [-0.4, -0.2) is 10.0 Å². The number of rotatable bonds is 15. The van der Waals surface area contributed by atoms with Gasteiger partial charge in [0, 0.05) is 24.0 Å². The molecule has 0 saturated heterocycles. The predicted molar refractivity (Wildman–Crippen MR) is 143 cm³/mol. The van der Waals surface area contributed by atoms with Crippen LogP contribution in [0.25, 0.3) is 10.6 Å². The van der Waals surface area contributed by atoms with E-state index in [2.05, 4.69) is 12.3 Å². The summed E-state index contributed by atoms with van der Waals surface area (Å²) in [5, 5.41) is 16.3. The maximum atomic E-state index is 12.7. The molecule has 0 amide bonds. The van der Waals surface area contributed by atoms with Crippen molar-refractivity contribution >= 4 is 11.3 Å². The summed E-state index contributed by atoms with van der Waals surface area (Å²) in [5.74, 6) is 0. The molecule has 0 radical (unpaired) electrons. The minimum Gasteiger partial charge on any atom is -0.785 e. The molecule has 196 valence electrons. The van der Waals surface area contributed by atoms with E-state index in [0.717, 1.165) is 45.4 Å². The first-order valence-corrected chi connectivity index (χ1v) is 13.8. The van der Waals surface area contributed by atoms with Gasteiger partial charge in [-0.1, -0.05) is 94.7 Å². The van der Waals surface area contributed by atoms with Gasteiger partial charge in [-0.05, 0) is 36.1 Å². The first-order chi connectivity index (χ1) is 17.3. The van der Waals surface area contributed by atoms with Gasteiger partial charge in [0.25, 0.3) is 0 Å². The number of aryl methyl sites for hydroxylation is 1. The van der Waals surface area contributed by atoms with Crippen LogP contribution in [0.15, 0.2) is 53.9 Å². The lowest BCUT2D eigenvalue weighted by Crippen LogP contribution is -2.15. The molecule has 3 aromatic rings. The monoisotopic (exact) mass is 517 g/mol. The Bertz CT molecular complexity index is 1020. The highest BCUT2D eigenvalue weighted by atomic mass is 32.1. The van der Waals surface area contributed by atoms with Crippen LogP contribution in [0.2, 0.25) is 0 Å². The summed E-state index contributed by atoms with van der Waals surface area (Å²) in [6.07, 6.45) is 8.47. The molecule has 0 fully saturated rings. The highest BCUT2D eigenvalue weighted by Crippen LogP contribution is 2.29. The van der Waals surface area contributed by atoms with Crippen molar-refractivity contribution in [2.24, 2.45) is 0 Å². The standard InChI is InChI=1S/C29H36F3N2OS/c1-2-3-4-5-6-7-8-9-10-11-27-22-36-28(33-27)25-16-12-23(13-17-25)20-34(35)21-24-14-18-26(19-15-24)29(30,31)32/h12-19,22H,2-11,20-21H2,1H3/q-1. The molecule has 3 nitrogen and oxygen atoms in total. The quantitative estimate of drug-likeness (QED) is 0.149. The first kappa shape index (κ1) is 28.4. The third-order valence-corrected chi connectivity index (χ3v) is 7.23. The summed E-state index contributed by atoms with van der Waals surface area (Å²) < 4.78 is 38.1. The number of hydrogen-bond acceptors (Lipinski definition) is 4. The number of nitrogens with zero attached hydrogens (tertiary/aromatic N) is 2. The number of benzene rings is 2. The lowest BCUT2D eigenvalue weighted by Gasteiger charge is -2.28. The minimum absolute atomic E-state index is 0.0363. The molecule has 1 aromatic heterocycles. The van der Waals surface area contributed by atoms with Gasteiger partial charge in [-0.3, -0.25) is 0 Å². The van der Waals surface area contributed by atoms with Gasteiger partial charge in [-0.2, -0.15) is 13.2 Å². The van der Waals surface area contributed by atoms with E-state index < -0.39 is 11.7 Å². The predicted octanol–water partition coefficient (Wildman–Crippen LogP) is 9.40. The lowest BCUT2D eigenvalue weighted by atomic mass is 10.1. The summed E-state index contributed by atoms with van der Waals surface area (Å²) in [7, 11) is 0. The molecule has 0 bridgehead atoms. The van der Waals surface area contributed by atoms with Gasteiger partial charge >= 0.3 is 6.18 Å². The topological polar surface area (TPSA) is 39.2 Å². The van der Waals surface area contributed by atoms with E-state index in [4.69, 9.17) is 4.98 Å². The molecule has 0 saturated carbocycles. The smallest absolute Gasteiger partial charge is 0.416 e. The second kappa shape index (κ2) is 14.5. The van der Waals surface area contributed by atoms with Crippen molar-refractivity contribution in [3.8, 4) is 10.6 Å². The van der Waals surface area contributed by atoms with Gasteiger partial charge < -0.3 is 10.3 Å². The summed E-state index contributed by atoms with van der Waals surface area (Å²) in [5.41, 5.74) is 2.87. The van der Waals surface area contributed by atoms with Crippen molar-refractivity contribution in [2.45, 2.75) is 90.4 Å². The average Bonchev–Trinajstić information content (AvgIpc) is 3.32. The van der Waals surface area contributed by atoms with Gasteiger partial charge in [0.1, 0.15) is 5.01 Å². The largest absolute Gasteiger partial charge is 0.785 e. The van der Waals surface area contributed by atoms with Crippen molar-refractivity contribution in [3.63, 3.8) is 0 Å². The normalized spacial score (nSPS) is 11.9. The molecule has 7 heteroatoms. The fourth-order valence-corrected chi connectivity index (χ4v) is 5.05. The zero-order chi connectivity index (χ0) is 25.8. The second-order valence-corrected chi connectivity index (χ2v) is 10.3. The van der Waals surface area contributed by atoms with Crippen LogP contribution in [0.5, 0.6) is 0 Å². The summed E-state index contributed by atoms with van der Waals surface area (Å²) in [6, 6.07) is 12.5. The zero-order valence-corrected chi connectivity index (χ0v) is 21.8. The van der Waals surface area contributed by atoms with Crippen molar-refractivity contribution in [1.82, 2.24) is 10.0 Å². The first-order valence-electron chi connectivity index (χ1n) is 13.0. The Morgan fingerprint density at radius 3 is 1.86 bits per heavy atom. The number of hydroxylamine groups is 2. The van der Waals surface area contributed by atoms with Crippen LogP contribution in [0, 0.1) is 5.21 Å². The Morgan fingerprint density at radius 1 is 0.778 bits per heavy atom. The van der Waals surface area contributed by atoms with E-state index in [1.54, 1.807) is 11.3 Å². The molecule has 0 atom stereocenters. The lowest BCUT2D eigenvalue weighted by molar-refractivity contribution is -0.137. The molecule has 0 aliphatic rings. The third kappa shape index (κ3) is 9.68. The Labute approximate surface area is 217 Å². The fraction of sp³-hybridized carbons (Fsp3) is 0.483. The van der Waals surface area contributed by atoms with Gasteiger partial charge in [0.15, 0.2) is 0 Å². The Balaban J connectivity index is 1.39. The maximum absolute atomic E-state index is 12.7. The number of unbranched alkanes of at least 4 members (excludes halogenated alkanes) is 8. The van der Waals surface area contributed by atoms with E-state index in [0.29, 0.717) is 5.56 Å². The van der Waals surface area contributed by atoms with Crippen LogP contribution in [0.1, 0.15) is 87.1 Å². The van der Waals surface area contributed by atoms with Gasteiger partial charge in [-0.15, -0.1) is 11.3 Å². The van der Waals surface area contributed by atoms with E-state index >= 15 is 0 Å². The maximum Gasteiger partial charge on any atom is 0.416 e. The highest BCUT2D eigenvalue weighted by Gasteiger charge is 2.29. The van der Waals surface area contributed by atoms with Crippen LogP contribution < -0.4 is 0 Å². The number of alkyl halides is 3. The Hall–Kier alpha value is -2.22. The molecule has 0 spiro atoms. The molecule has 0 unspecified atom stereocenters. The van der Waals surface area contributed by atoms with E-state index in [1.807, 2.05) is 24.3 Å². The molecule has 1 heterocycles. The molecular formula is C29H36F3N2OS-. The molecule has 0 aliphatic heterocycles. The second-order valence-electron chi connectivity index (χ2n) is 9.41. The van der Waals surface area contributed by atoms with E-state index in [9.17, 15) is 18.4 Å². The summed E-state index contributed by atoms with van der Waals surface area (Å²) in [6.45, 7) is 2.46. The molecule has 3 rings (SSSR count). The Morgan fingerprint density at radius 2 is 1.31 bits per heavy atom. The molecular weight excluding hydrogens is 481 g/mol. The summed E-state index contributed by atoms with van der Waals surface area (Å²) in [4.78, 5) is 4.79. The molecule has 2 aromatic carbocycles. The molecule has 36 heavy (non-hydrogen) atoms. The van der Waals surface area contributed by atoms with Crippen molar-refractivity contribution < 1.29 is 13.2 Å².